The fourth-order valence-corrected chi connectivity index (χ4v) is 2.91. The molecule has 0 radical (unpaired) electrons. The number of nitro groups is 1. The van der Waals surface area contributed by atoms with Gasteiger partial charge in [-0.25, -0.2) is 4.68 Å². The molecule has 0 aliphatic carbocycles. The highest BCUT2D eigenvalue weighted by molar-refractivity contribution is 5.62. The van der Waals surface area contributed by atoms with Gasteiger partial charge in [0, 0.05) is 26.2 Å². The lowest BCUT2D eigenvalue weighted by molar-refractivity contribution is -0.384. The Labute approximate surface area is 119 Å². The summed E-state index contributed by atoms with van der Waals surface area (Å²) in [5, 5.41) is 19.1. The van der Waals surface area contributed by atoms with Crippen molar-refractivity contribution < 1.29 is 4.92 Å². The van der Waals surface area contributed by atoms with Gasteiger partial charge in [-0.1, -0.05) is 13.8 Å². The average molecular weight is 281 g/mol. The minimum atomic E-state index is -0.286. The van der Waals surface area contributed by atoms with Crippen LogP contribution in [0.1, 0.15) is 32.4 Å². The molecule has 0 saturated carbocycles. The SMILES string of the molecule is CCCN(c1c([N+](=O)[O-])c(CC)nn1C)C1CCNC1. The highest BCUT2D eigenvalue weighted by atomic mass is 16.6. The van der Waals surface area contributed by atoms with E-state index in [9.17, 15) is 10.1 Å². The lowest BCUT2D eigenvalue weighted by Gasteiger charge is -2.29. The molecule has 1 N–H and O–H groups in total. The molecular weight excluding hydrogens is 258 g/mol. The minimum absolute atomic E-state index is 0.176. The van der Waals surface area contributed by atoms with Crippen LogP contribution in [0.15, 0.2) is 0 Å². The number of aromatic nitrogens is 2. The zero-order valence-electron chi connectivity index (χ0n) is 12.4. The summed E-state index contributed by atoms with van der Waals surface area (Å²) in [4.78, 5) is 13.3. The summed E-state index contributed by atoms with van der Waals surface area (Å²) in [5.74, 6) is 0.655. The Kier molecular flexibility index (Phi) is 4.59. The zero-order chi connectivity index (χ0) is 14.7. The minimum Gasteiger partial charge on any atom is -0.347 e. The molecule has 7 heteroatoms. The molecule has 2 heterocycles. The molecule has 7 nitrogen and oxygen atoms in total. The first-order valence-corrected chi connectivity index (χ1v) is 7.27. The van der Waals surface area contributed by atoms with Gasteiger partial charge >= 0.3 is 5.69 Å². The van der Waals surface area contributed by atoms with Gasteiger partial charge in [-0.2, -0.15) is 5.10 Å². The van der Waals surface area contributed by atoms with E-state index in [0.29, 0.717) is 24.0 Å². The van der Waals surface area contributed by atoms with Crippen molar-refractivity contribution in [3.63, 3.8) is 0 Å². The molecule has 20 heavy (non-hydrogen) atoms. The molecule has 1 atom stereocenters. The summed E-state index contributed by atoms with van der Waals surface area (Å²) < 4.78 is 1.67. The maximum Gasteiger partial charge on any atom is 0.334 e. The van der Waals surface area contributed by atoms with Crippen molar-refractivity contribution in [2.75, 3.05) is 24.5 Å². The number of hydrogen-bond acceptors (Lipinski definition) is 5. The fourth-order valence-electron chi connectivity index (χ4n) is 2.91. The van der Waals surface area contributed by atoms with Crippen LogP contribution in [0.25, 0.3) is 0 Å². The van der Waals surface area contributed by atoms with E-state index >= 15 is 0 Å². The van der Waals surface area contributed by atoms with Crippen LogP contribution in [-0.4, -0.2) is 40.4 Å². The Balaban J connectivity index is 2.46. The van der Waals surface area contributed by atoms with E-state index in [1.807, 2.05) is 6.92 Å². The number of hydrogen-bond donors (Lipinski definition) is 1. The normalized spacial score (nSPS) is 18.4. The first-order valence-electron chi connectivity index (χ1n) is 7.27. The molecule has 1 aliphatic heterocycles. The van der Waals surface area contributed by atoms with E-state index in [2.05, 4.69) is 22.2 Å². The van der Waals surface area contributed by atoms with Gasteiger partial charge in [0.15, 0.2) is 0 Å². The van der Waals surface area contributed by atoms with Crippen molar-refractivity contribution in [1.29, 1.82) is 0 Å². The lowest BCUT2D eigenvalue weighted by Crippen LogP contribution is -2.39. The molecule has 1 aliphatic rings. The Bertz CT molecular complexity index is 479. The molecule has 1 saturated heterocycles. The molecule has 0 amide bonds. The third-order valence-electron chi connectivity index (χ3n) is 3.79. The van der Waals surface area contributed by atoms with Crippen LogP contribution in [0.3, 0.4) is 0 Å². The number of nitrogens with one attached hydrogen (secondary N) is 1. The second-order valence-electron chi connectivity index (χ2n) is 5.19. The average Bonchev–Trinajstić information content (AvgIpc) is 3.03. The molecule has 1 fully saturated rings. The molecule has 0 aromatic carbocycles. The Morgan fingerprint density at radius 3 is 2.80 bits per heavy atom. The topological polar surface area (TPSA) is 76.2 Å². The summed E-state index contributed by atoms with van der Waals surface area (Å²) in [7, 11) is 1.80. The molecule has 0 spiro atoms. The van der Waals surface area contributed by atoms with Crippen LogP contribution in [0.4, 0.5) is 11.5 Å². The first kappa shape index (κ1) is 14.8. The quantitative estimate of drug-likeness (QED) is 0.631. The highest BCUT2D eigenvalue weighted by Gasteiger charge is 2.33. The standard InChI is InChI=1S/C13H23N5O2/c1-4-8-17(10-6-7-14-9-10)13-12(18(19)20)11(5-2)15-16(13)3/h10,14H,4-9H2,1-3H3. The fraction of sp³-hybridized carbons (Fsp3) is 0.769. The Morgan fingerprint density at radius 1 is 1.55 bits per heavy atom. The maximum absolute atomic E-state index is 11.4. The summed E-state index contributed by atoms with van der Waals surface area (Å²) in [6.07, 6.45) is 2.55. The summed E-state index contributed by atoms with van der Waals surface area (Å²) in [5.41, 5.74) is 0.745. The van der Waals surface area contributed by atoms with Crippen molar-refractivity contribution >= 4 is 11.5 Å². The van der Waals surface area contributed by atoms with Crippen molar-refractivity contribution in [2.24, 2.45) is 7.05 Å². The number of anilines is 1. The van der Waals surface area contributed by atoms with E-state index < -0.39 is 0 Å². The van der Waals surface area contributed by atoms with Gasteiger partial charge in [0.25, 0.3) is 0 Å². The molecule has 112 valence electrons. The van der Waals surface area contributed by atoms with Crippen molar-refractivity contribution in [3.8, 4) is 0 Å². The van der Waals surface area contributed by atoms with Gasteiger partial charge in [0.05, 0.1) is 4.92 Å². The van der Waals surface area contributed by atoms with Crippen LogP contribution >= 0.6 is 0 Å². The molecule has 0 bridgehead atoms. The molecule has 1 unspecified atom stereocenters. The third kappa shape index (κ3) is 2.63. The monoisotopic (exact) mass is 281 g/mol. The molecule has 1 aromatic rings. The van der Waals surface area contributed by atoms with Crippen LogP contribution in [0, 0.1) is 10.1 Å². The van der Waals surface area contributed by atoms with E-state index in [1.54, 1.807) is 11.7 Å². The summed E-state index contributed by atoms with van der Waals surface area (Å²) in [6.45, 7) is 6.66. The first-order chi connectivity index (χ1) is 9.60. The molecule has 1 aromatic heterocycles. The van der Waals surface area contributed by atoms with Crippen LogP contribution in [0.5, 0.6) is 0 Å². The number of rotatable bonds is 6. The smallest absolute Gasteiger partial charge is 0.334 e. The highest BCUT2D eigenvalue weighted by Crippen LogP contribution is 2.33. The van der Waals surface area contributed by atoms with E-state index in [-0.39, 0.29) is 10.6 Å². The van der Waals surface area contributed by atoms with Gasteiger partial charge in [0.1, 0.15) is 5.69 Å². The van der Waals surface area contributed by atoms with Gasteiger partial charge < -0.3 is 10.2 Å². The summed E-state index contributed by atoms with van der Waals surface area (Å²) >= 11 is 0. The second kappa shape index (κ2) is 6.21. The lowest BCUT2D eigenvalue weighted by atomic mass is 10.2. The third-order valence-corrected chi connectivity index (χ3v) is 3.79. The Morgan fingerprint density at radius 2 is 2.30 bits per heavy atom. The molecular formula is C13H23N5O2. The van der Waals surface area contributed by atoms with Crippen LogP contribution in [0.2, 0.25) is 0 Å². The van der Waals surface area contributed by atoms with E-state index in [4.69, 9.17) is 0 Å². The largest absolute Gasteiger partial charge is 0.347 e. The van der Waals surface area contributed by atoms with Crippen LogP contribution < -0.4 is 10.2 Å². The number of nitrogens with zero attached hydrogens (tertiary/aromatic N) is 4. The van der Waals surface area contributed by atoms with Gasteiger partial charge in [-0.15, -0.1) is 0 Å². The van der Waals surface area contributed by atoms with E-state index in [0.717, 1.165) is 32.5 Å². The van der Waals surface area contributed by atoms with Crippen molar-refractivity contribution in [2.45, 2.75) is 39.2 Å². The van der Waals surface area contributed by atoms with E-state index in [1.165, 1.54) is 0 Å². The Hall–Kier alpha value is -1.63. The van der Waals surface area contributed by atoms with Crippen molar-refractivity contribution in [3.05, 3.63) is 15.8 Å². The van der Waals surface area contributed by atoms with Crippen molar-refractivity contribution in [1.82, 2.24) is 15.1 Å². The zero-order valence-corrected chi connectivity index (χ0v) is 12.4. The molecule has 2 rings (SSSR count). The predicted molar refractivity (Wildman–Crippen MR) is 78.2 cm³/mol. The summed E-state index contributed by atoms with van der Waals surface area (Å²) in [6, 6.07) is 0.314. The predicted octanol–water partition coefficient (Wildman–Crippen LogP) is 1.47. The van der Waals surface area contributed by atoms with Gasteiger partial charge in [-0.05, 0) is 25.8 Å². The second-order valence-corrected chi connectivity index (χ2v) is 5.19. The van der Waals surface area contributed by atoms with Crippen LogP contribution in [-0.2, 0) is 13.5 Å². The van der Waals surface area contributed by atoms with Gasteiger partial charge in [0.2, 0.25) is 5.82 Å². The maximum atomic E-state index is 11.4. The number of aryl methyl sites for hydroxylation is 2. The van der Waals surface area contributed by atoms with Gasteiger partial charge in [-0.3, -0.25) is 10.1 Å².